The zero-order chi connectivity index (χ0) is 14.7. The lowest BCUT2D eigenvalue weighted by molar-refractivity contribution is -0.152. The van der Waals surface area contributed by atoms with Crippen molar-refractivity contribution in [3.05, 3.63) is 12.2 Å². The summed E-state index contributed by atoms with van der Waals surface area (Å²) in [7, 11) is 1.69. The van der Waals surface area contributed by atoms with E-state index in [-0.39, 0.29) is 11.9 Å². The molecule has 0 aromatic heterocycles. The Hall–Kier alpha value is -1.36. The Morgan fingerprint density at radius 3 is 2.30 bits per heavy atom. The number of likely N-dealkylation sites (N-methyl/N-ethyl adjacent to an activating group) is 1. The normalized spacial score (nSPS) is 33.7. The fourth-order valence-corrected chi connectivity index (χ4v) is 3.33. The zero-order valence-corrected chi connectivity index (χ0v) is 11.9. The van der Waals surface area contributed by atoms with Gasteiger partial charge in [-0.2, -0.15) is 0 Å². The molecule has 2 rings (SSSR count). The first kappa shape index (κ1) is 15.0. The molecule has 5 nitrogen and oxygen atoms in total. The van der Waals surface area contributed by atoms with Crippen LogP contribution in [-0.4, -0.2) is 46.2 Å². The number of carboxylic acid groups (broad SMARTS) is 1. The molecule has 4 unspecified atom stereocenters. The number of aliphatic hydroxyl groups excluding tert-OH is 1. The molecule has 5 heteroatoms. The molecule has 0 saturated heterocycles. The standard InChI is InChI=1S/C15H23NO4/c1-16(12-8-4-5-9-13(12)17)14(18)10-6-2-3-7-11(10)15(19)20/h2-3,10-13,17H,4-9H2,1H3,(H,19,20). The quantitative estimate of drug-likeness (QED) is 0.767. The number of carbonyl (C=O) groups excluding carboxylic acids is 1. The molecule has 0 aromatic rings. The molecule has 0 heterocycles. The van der Waals surface area contributed by atoms with Crippen molar-refractivity contribution in [2.75, 3.05) is 7.05 Å². The Kier molecular flexibility index (Phi) is 4.81. The zero-order valence-electron chi connectivity index (χ0n) is 11.9. The monoisotopic (exact) mass is 281 g/mol. The van der Waals surface area contributed by atoms with Crippen LogP contribution < -0.4 is 0 Å². The van der Waals surface area contributed by atoms with Crippen LogP contribution in [0.1, 0.15) is 38.5 Å². The third-order valence-electron chi connectivity index (χ3n) is 4.61. The predicted molar refractivity (Wildman–Crippen MR) is 74.0 cm³/mol. The van der Waals surface area contributed by atoms with Gasteiger partial charge in [-0.05, 0) is 25.7 Å². The molecule has 0 radical (unpaired) electrons. The number of carboxylic acids is 1. The van der Waals surface area contributed by atoms with Crippen molar-refractivity contribution in [2.24, 2.45) is 11.8 Å². The smallest absolute Gasteiger partial charge is 0.307 e. The van der Waals surface area contributed by atoms with E-state index in [0.717, 1.165) is 25.7 Å². The lowest BCUT2D eigenvalue weighted by atomic mass is 9.81. The Balaban J connectivity index is 2.08. The van der Waals surface area contributed by atoms with Crippen LogP contribution in [0.5, 0.6) is 0 Å². The second-order valence-corrected chi connectivity index (χ2v) is 5.86. The summed E-state index contributed by atoms with van der Waals surface area (Å²) in [5, 5.41) is 19.3. The van der Waals surface area contributed by atoms with Gasteiger partial charge >= 0.3 is 5.97 Å². The minimum atomic E-state index is -0.912. The number of aliphatic carboxylic acids is 1. The van der Waals surface area contributed by atoms with E-state index in [9.17, 15) is 19.8 Å². The maximum Gasteiger partial charge on any atom is 0.307 e. The number of rotatable bonds is 3. The maximum absolute atomic E-state index is 12.6. The van der Waals surface area contributed by atoms with Gasteiger partial charge in [0.2, 0.25) is 5.91 Å². The van der Waals surface area contributed by atoms with Crippen molar-refractivity contribution < 1.29 is 19.8 Å². The van der Waals surface area contributed by atoms with Crippen molar-refractivity contribution in [1.29, 1.82) is 0 Å². The number of hydrogen-bond donors (Lipinski definition) is 2. The van der Waals surface area contributed by atoms with Crippen LogP contribution in [0.3, 0.4) is 0 Å². The van der Waals surface area contributed by atoms with Gasteiger partial charge in [-0.25, -0.2) is 0 Å². The van der Waals surface area contributed by atoms with E-state index >= 15 is 0 Å². The highest BCUT2D eigenvalue weighted by atomic mass is 16.4. The van der Waals surface area contributed by atoms with Crippen LogP contribution in [-0.2, 0) is 9.59 Å². The molecule has 0 spiro atoms. The van der Waals surface area contributed by atoms with E-state index < -0.39 is 23.9 Å². The van der Waals surface area contributed by atoms with Crippen LogP contribution in [0.4, 0.5) is 0 Å². The third kappa shape index (κ3) is 3.03. The summed E-state index contributed by atoms with van der Waals surface area (Å²) >= 11 is 0. The van der Waals surface area contributed by atoms with Gasteiger partial charge in [0.15, 0.2) is 0 Å². The van der Waals surface area contributed by atoms with E-state index in [0.29, 0.717) is 12.8 Å². The lowest BCUT2D eigenvalue weighted by Gasteiger charge is -2.38. The summed E-state index contributed by atoms with van der Waals surface area (Å²) in [6, 6.07) is -0.170. The van der Waals surface area contributed by atoms with Gasteiger partial charge in [-0.3, -0.25) is 9.59 Å². The summed E-state index contributed by atoms with van der Waals surface area (Å²) in [4.78, 5) is 25.4. The Labute approximate surface area is 119 Å². The van der Waals surface area contributed by atoms with Crippen LogP contribution in [0, 0.1) is 11.8 Å². The second kappa shape index (κ2) is 6.39. The average molecular weight is 281 g/mol. The van der Waals surface area contributed by atoms with Crippen LogP contribution in [0.15, 0.2) is 12.2 Å². The Morgan fingerprint density at radius 1 is 1.10 bits per heavy atom. The first-order chi connectivity index (χ1) is 9.52. The average Bonchev–Trinajstić information content (AvgIpc) is 2.46. The second-order valence-electron chi connectivity index (χ2n) is 5.86. The Morgan fingerprint density at radius 2 is 1.70 bits per heavy atom. The topological polar surface area (TPSA) is 77.8 Å². The van der Waals surface area contributed by atoms with E-state index in [1.165, 1.54) is 0 Å². The van der Waals surface area contributed by atoms with E-state index in [1.54, 1.807) is 11.9 Å². The van der Waals surface area contributed by atoms with Crippen molar-refractivity contribution in [3.8, 4) is 0 Å². The van der Waals surface area contributed by atoms with Crippen molar-refractivity contribution >= 4 is 11.9 Å². The molecule has 1 saturated carbocycles. The number of nitrogens with zero attached hydrogens (tertiary/aromatic N) is 1. The molecular weight excluding hydrogens is 258 g/mol. The first-order valence-electron chi connectivity index (χ1n) is 7.35. The van der Waals surface area contributed by atoms with Gasteiger partial charge < -0.3 is 15.1 Å². The van der Waals surface area contributed by atoms with Gasteiger partial charge in [0.05, 0.1) is 24.0 Å². The van der Waals surface area contributed by atoms with Gasteiger partial charge in [0.25, 0.3) is 0 Å². The minimum Gasteiger partial charge on any atom is -0.481 e. The van der Waals surface area contributed by atoms with Crippen molar-refractivity contribution in [2.45, 2.75) is 50.7 Å². The van der Waals surface area contributed by atoms with E-state index in [2.05, 4.69) is 0 Å². The van der Waals surface area contributed by atoms with Crippen LogP contribution in [0.25, 0.3) is 0 Å². The van der Waals surface area contributed by atoms with Gasteiger partial charge in [0.1, 0.15) is 0 Å². The molecule has 1 amide bonds. The number of aliphatic hydroxyl groups is 1. The lowest BCUT2D eigenvalue weighted by Crippen LogP contribution is -2.50. The highest BCUT2D eigenvalue weighted by Gasteiger charge is 2.38. The van der Waals surface area contributed by atoms with Crippen LogP contribution in [0.2, 0.25) is 0 Å². The first-order valence-corrected chi connectivity index (χ1v) is 7.35. The third-order valence-corrected chi connectivity index (χ3v) is 4.61. The van der Waals surface area contributed by atoms with Gasteiger partial charge in [0, 0.05) is 7.05 Å². The van der Waals surface area contributed by atoms with Crippen molar-refractivity contribution in [1.82, 2.24) is 4.90 Å². The van der Waals surface area contributed by atoms with Crippen LogP contribution >= 0.6 is 0 Å². The molecule has 2 aliphatic carbocycles. The molecule has 0 bridgehead atoms. The summed E-state index contributed by atoms with van der Waals surface area (Å²) < 4.78 is 0. The molecule has 0 aliphatic heterocycles. The molecular formula is C15H23NO4. The van der Waals surface area contributed by atoms with E-state index in [1.807, 2.05) is 12.2 Å². The largest absolute Gasteiger partial charge is 0.481 e. The maximum atomic E-state index is 12.6. The molecule has 0 aromatic carbocycles. The summed E-state index contributed by atoms with van der Waals surface area (Å²) in [5.41, 5.74) is 0. The summed E-state index contributed by atoms with van der Waals surface area (Å²) in [5.74, 6) is -2.20. The summed E-state index contributed by atoms with van der Waals surface area (Å²) in [6.07, 6.45) is 7.62. The van der Waals surface area contributed by atoms with Gasteiger partial charge in [-0.1, -0.05) is 25.0 Å². The summed E-state index contributed by atoms with van der Waals surface area (Å²) in [6.45, 7) is 0. The molecule has 112 valence electrons. The molecule has 2 N–H and O–H groups in total. The highest BCUT2D eigenvalue weighted by Crippen LogP contribution is 2.30. The Bertz CT molecular complexity index is 407. The van der Waals surface area contributed by atoms with Gasteiger partial charge in [-0.15, -0.1) is 0 Å². The molecule has 2 aliphatic rings. The number of amides is 1. The van der Waals surface area contributed by atoms with E-state index in [4.69, 9.17) is 0 Å². The highest BCUT2D eigenvalue weighted by molar-refractivity contribution is 5.85. The number of carbonyl (C=O) groups is 2. The fourth-order valence-electron chi connectivity index (χ4n) is 3.33. The van der Waals surface area contributed by atoms with Crippen molar-refractivity contribution in [3.63, 3.8) is 0 Å². The molecule has 1 fully saturated rings. The SMILES string of the molecule is CN(C(=O)C1CC=CCC1C(=O)O)C1CCCCC1O. The minimum absolute atomic E-state index is 0.146. The number of hydrogen-bond acceptors (Lipinski definition) is 3. The predicted octanol–water partition coefficient (Wildman–Crippen LogP) is 1.42. The molecule has 4 atom stereocenters. The number of allylic oxidation sites excluding steroid dienone is 2. The molecule has 20 heavy (non-hydrogen) atoms. The fraction of sp³-hybridized carbons (Fsp3) is 0.733.